The summed E-state index contributed by atoms with van der Waals surface area (Å²) >= 11 is 0. The van der Waals surface area contributed by atoms with Gasteiger partial charge in [0.15, 0.2) is 0 Å². The lowest BCUT2D eigenvalue weighted by atomic mass is 10.1. The zero-order chi connectivity index (χ0) is 13.4. The Morgan fingerprint density at radius 2 is 1.83 bits per heavy atom. The zero-order valence-electron chi connectivity index (χ0n) is 12.0. The van der Waals surface area contributed by atoms with Crippen molar-refractivity contribution in [3.05, 3.63) is 24.3 Å². The number of unbranched alkanes of at least 4 members (excludes halogenated alkanes) is 1. The maximum absolute atomic E-state index is 5.69. The molecule has 1 aromatic rings. The quantitative estimate of drug-likeness (QED) is 0.755. The Morgan fingerprint density at radius 3 is 2.50 bits per heavy atom. The molecule has 0 aliphatic rings. The molecule has 0 aromatic heterocycles. The second kappa shape index (κ2) is 7.27. The van der Waals surface area contributed by atoms with E-state index in [9.17, 15) is 0 Å². The van der Waals surface area contributed by atoms with Crippen LogP contribution < -0.4 is 14.8 Å². The summed E-state index contributed by atoms with van der Waals surface area (Å²) in [6.45, 7) is 8.63. The van der Waals surface area contributed by atoms with E-state index in [0.29, 0.717) is 5.54 Å². The van der Waals surface area contributed by atoms with Gasteiger partial charge in [-0.1, -0.05) is 6.07 Å². The molecular weight excluding hydrogens is 226 g/mol. The van der Waals surface area contributed by atoms with E-state index >= 15 is 0 Å². The minimum absolute atomic E-state index is 0.327. The molecule has 0 heterocycles. The maximum atomic E-state index is 5.69. The molecule has 0 atom stereocenters. The standard InChI is InChI=1S/C15H25NO2/c1-15(2,3)16-10-5-6-11-18-14-9-7-8-13(12-14)17-4/h7-9,12,16H,5-6,10-11H2,1-4H3/p+1. The van der Waals surface area contributed by atoms with Crippen molar-refractivity contribution in [2.24, 2.45) is 0 Å². The largest absolute Gasteiger partial charge is 0.497 e. The highest BCUT2D eigenvalue weighted by Gasteiger charge is 2.11. The van der Waals surface area contributed by atoms with Crippen molar-refractivity contribution in [2.45, 2.75) is 39.2 Å². The third-order valence-electron chi connectivity index (χ3n) is 2.67. The molecule has 0 spiro atoms. The number of nitrogens with two attached hydrogens (primary N) is 1. The van der Waals surface area contributed by atoms with Crippen molar-refractivity contribution in [1.82, 2.24) is 0 Å². The van der Waals surface area contributed by atoms with Crippen molar-refractivity contribution >= 4 is 0 Å². The van der Waals surface area contributed by atoms with Crippen LogP contribution in [-0.2, 0) is 0 Å². The van der Waals surface area contributed by atoms with E-state index in [4.69, 9.17) is 9.47 Å². The number of methoxy groups -OCH3 is 1. The number of hydrogen-bond donors (Lipinski definition) is 1. The molecule has 0 aliphatic carbocycles. The van der Waals surface area contributed by atoms with Gasteiger partial charge in [0.05, 0.1) is 25.8 Å². The normalized spacial score (nSPS) is 11.3. The Morgan fingerprint density at radius 1 is 1.11 bits per heavy atom. The Kier molecular flexibility index (Phi) is 5.99. The van der Waals surface area contributed by atoms with E-state index < -0.39 is 0 Å². The first kappa shape index (κ1) is 14.8. The molecule has 0 bridgehead atoms. The van der Waals surface area contributed by atoms with Crippen LogP contribution in [0.2, 0.25) is 0 Å². The molecule has 0 amide bonds. The van der Waals surface area contributed by atoms with Crippen molar-refractivity contribution in [3.63, 3.8) is 0 Å². The SMILES string of the molecule is COc1cccc(OCCCC[NH2+]C(C)(C)C)c1. The third-order valence-corrected chi connectivity index (χ3v) is 2.67. The first-order chi connectivity index (χ1) is 8.51. The fraction of sp³-hybridized carbons (Fsp3) is 0.600. The number of rotatable bonds is 7. The summed E-state index contributed by atoms with van der Waals surface area (Å²) in [6.07, 6.45) is 2.27. The summed E-state index contributed by atoms with van der Waals surface area (Å²) in [4.78, 5) is 0. The second-order valence-corrected chi connectivity index (χ2v) is 5.59. The van der Waals surface area contributed by atoms with Gasteiger partial charge in [0, 0.05) is 6.07 Å². The topological polar surface area (TPSA) is 35.1 Å². The van der Waals surface area contributed by atoms with E-state index in [-0.39, 0.29) is 0 Å². The molecule has 2 N–H and O–H groups in total. The summed E-state index contributed by atoms with van der Waals surface area (Å²) < 4.78 is 10.8. The number of ether oxygens (including phenoxy) is 2. The van der Waals surface area contributed by atoms with E-state index in [1.807, 2.05) is 24.3 Å². The maximum Gasteiger partial charge on any atom is 0.122 e. The van der Waals surface area contributed by atoms with Crippen LogP contribution in [-0.4, -0.2) is 25.8 Å². The predicted molar refractivity (Wildman–Crippen MR) is 74.3 cm³/mol. The van der Waals surface area contributed by atoms with Gasteiger partial charge >= 0.3 is 0 Å². The Bertz CT molecular complexity index is 345. The lowest BCUT2D eigenvalue weighted by Crippen LogP contribution is -2.94. The van der Waals surface area contributed by atoms with Gasteiger partial charge in [-0.3, -0.25) is 0 Å². The molecule has 0 radical (unpaired) electrons. The van der Waals surface area contributed by atoms with Crippen LogP contribution in [0.15, 0.2) is 24.3 Å². The van der Waals surface area contributed by atoms with E-state index in [1.54, 1.807) is 7.11 Å². The molecular formula is C15H26NO2+. The van der Waals surface area contributed by atoms with Crippen LogP contribution >= 0.6 is 0 Å². The molecule has 0 aliphatic heterocycles. The van der Waals surface area contributed by atoms with E-state index in [0.717, 1.165) is 31.1 Å². The second-order valence-electron chi connectivity index (χ2n) is 5.59. The number of hydrogen-bond acceptors (Lipinski definition) is 2. The molecule has 102 valence electrons. The summed E-state index contributed by atoms with van der Waals surface area (Å²) in [5.74, 6) is 1.72. The van der Waals surface area contributed by atoms with Gasteiger partial charge in [-0.15, -0.1) is 0 Å². The molecule has 1 aromatic carbocycles. The highest BCUT2D eigenvalue weighted by molar-refractivity contribution is 5.32. The smallest absolute Gasteiger partial charge is 0.122 e. The monoisotopic (exact) mass is 252 g/mol. The van der Waals surface area contributed by atoms with Crippen LogP contribution in [0, 0.1) is 0 Å². The van der Waals surface area contributed by atoms with E-state index in [2.05, 4.69) is 26.1 Å². The highest BCUT2D eigenvalue weighted by Crippen LogP contribution is 2.18. The Labute approximate surface area is 110 Å². The van der Waals surface area contributed by atoms with Gasteiger partial charge in [-0.2, -0.15) is 0 Å². The first-order valence-corrected chi connectivity index (χ1v) is 6.62. The summed E-state index contributed by atoms with van der Waals surface area (Å²) in [5.41, 5.74) is 0.327. The minimum Gasteiger partial charge on any atom is -0.497 e. The van der Waals surface area contributed by atoms with Gasteiger partial charge in [0.25, 0.3) is 0 Å². The van der Waals surface area contributed by atoms with Crippen LogP contribution in [0.25, 0.3) is 0 Å². The summed E-state index contributed by atoms with van der Waals surface area (Å²) in [7, 11) is 1.67. The molecule has 0 unspecified atom stereocenters. The molecule has 3 heteroatoms. The molecule has 18 heavy (non-hydrogen) atoms. The third kappa shape index (κ3) is 6.50. The average molecular weight is 252 g/mol. The zero-order valence-corrected chi connectivity index (χ0v) is 12.0. The van der Waals surface area contributed by atoms with Crippen LogP contribution in [0.3, 0.4) is 0 Å². The van der Waals surface area contributed by atoms with Crippen LogP contribution in [0.5, 0.6) is 11.5 Å². The van der Waals surface area contributed by atoms with Crippen molar-refractivity contribution in [1.29, 1.82) is 0 Å². The number of quaternary nitrogens is 1. The van der Waals surface area contributed by atoms with Crippen molar-refractivity contribution < 1.29 is 14.8 Å². The fourth-order valence-corrected chi connectivity index (χ4v) is 1.66. The molecule has 0 saturated carbocycles. The Hall–Kier alpha value is -1.22. The van der Waals surface area contributed by atoms with Gasteiger partial charge in [0.2, 0.25) is 0 Å². The average Bonchev–Trinajstić information content (AvgIpc) is 2.32. The van der Waals surface area contributed by atoms with Crippen LogP contribution in [0.4, 0.5) is 0 Å². The molecule has 0 saturated heterocycles. The van der Waals surface area contributed by atoms with Crippen molar-refractivity contribution in [3.8, 4) is 11.5 Å². The summed E-state index contributed by atoms with van der Waals surface area (Å²) in [6, 6.07) is 7.75. The van der Waals surface area contributed by atoms with Crippen molar-refractivity contribution in [2.75, 3.05) is 20.3 Å². The molecule has 1 rings (SSSR count). The lowest BCUT2D eigenvalue weighted by Gasteiger charge is -2.16. The van der Waals surface area contributed by atoms with Gasteiger partial charge in [0.1, 0.15) is 11.5 Å². The predicted octanol–water partition coefficient (Wildman–Crippen LogP) is 2.22. The van der Waals surface area contributed by atoms with Gasteiger partial charge in [-0.25, -0.2) is 0 Å². The van der Waals surface area contributed by atoms with E-state index in [1.165, 1.54) is 6.42 Å². The molecule has 0 fully saturated rings. The minimum atomic E-state index is 0.327. The van der Waals surface area contributed by atoms with Gasteiger partial charge in [-0.05, 0) is 45.7 Å². The fourth-order valence-electron chi connectivity index (χ4n) is 1.66. The Balaban J connectivity index is 2.14. The first-order valence-electron chi connectivity index (χ1n) is 6.62. The highest BCUT2D eigenvalue weighted by atomic mass is 16.5. The lowest BCUT2D eigenvalue weighted by molar-refractivity contribution is -0.717. The molecule has 3 nitrogen and oxygen atoms in total. The summed E-state index contributed by atoms with van der Waals surface area (Å²) in [5, 5.41) is 2.37. The van der Waals surface area contributed by atoms with Crippen LogP contribution in [0.1, 0.15) is 33.6 Å². The number of benzene rings is 1. The van der Waals surface area contributed by atoms with Gasteiger partial charge < -0.3 is 14.8 Å².